The van der Waals surface area contributed by atoms with Crippen molar-refractivity contribution in [1.29, 1.82) is 0 Å². The van der Waals surface area contributed by atoms with Gasteiger partial charge in [-0.15, -0.1) is 0 Å². The number of hydrogen-bond donors (Lipinski definition) is 3. The van der Waals surface area contributed by atoms with Crippen molar-refractivity contribution in [3.63, 3.8) is 0 Å². The highest BCUT2D eigenvalue weighted by Gasteiger charge is 2.16. The molecule has 0 aliphatic heterocycles. The van der Waals surface area contributed by atoms with Crippen LogP contribution in [0, 0.1) is 13.5 Å². The second kappa shape index (κ2) is 8.88. The molecule has 10 heteroatoms. The number of pyridine rings is 1. The summed E-state index contributed by atoms with van der Waals surface area (Å²) in [5, 5.41) is 4.15. The lowest BCUT2D eigenvalue weighted by Gasteiger charge is -2.16. The molecule has 0 aliphatic carbocycles. The monoisotopic (exact) mass is 461 g/mol. The van der Waals surface area contributed by atoms with Crippen LogP contribution in [0.5, 0.6) is 0 Å². The van der Waals surface area contributed by atoms with E-state index in [0.29, 0.717) is 23.0 Å². The number of sulfonamides is 1. The van der Waals surface area contributed by atoms with Crippen LogP contribution < -0.4 is 10.0 Å². The lowest BCUT2D eigenvalue weighted by Crippen LogP contribution is -2.14. The van der Waals surface area contributed by atoms with Gasteiger partial charge in [0.2, 0.25) is 21.7 Å². The number of rotatable bonds is 7. The van der Waals surface area contributed by atoms with E-state index < -0.39 is 10.0 Å². The summed E-state index contributed by atoms with van der Waals surface area (Å²) < 4.78 is 26.0. The molecule has 33 heavy (non-hydrogen) atoms. The first-order valence-electron chi connectivity index (χ1n) is 10.3. The van der Waals surface area contributed by atoms with Crippen molar-refractivity contribution >= 4 is 38.4 Å². The van der Waals surface area contributed by atoms with Gasteiger partial charge in [-0.1, -0.05) is 12.1 Å². The fourth-order valence-corrected chi connectivity index (χ4v) is 4.04. The van der Waals surface area contributed by atoms with Gasteiger partial charge in [-0.2, -0.15) is 0 Å². The molecule has 9 nitrogen and oxygen atoms in total. The van der Waals surface area contributed by atoms with Gasteiger partial charge in [0.15, 0.2) is 0 Å². The SMILES string of the molecule is [C-]#[N+]c1cnc(N[C@H](C)c2ccc(NS(=O)(=O)CC)cc2)nc1-c1c[nH]c2ncc(C)cc12. The maximum atomic E-state index is 11.7. The average molecular weight is 462 g/mol. The summed E-state index contributed by atoms with van der Waals surface area (Å²) in [4.78, 5) is 20.1. The number of aromatic nitrogens is 4. The van der Waals surface area contributed by atoms with E-state index >= 15 is 0 Å². The van der Waals surface area contributed by atoms with E-state index in [9.17, 15) is 8.42 Å². The Labute approximate surface area is 192 Å². The standard InChI is InChI=1S/C23H23N7O2S/c1-5-33(31,32)30-17-8-6-16(7-9-17)15(3)28-23-27-13-20(24-4)21(29-23)19-12-26-22-18(19)10-14(2)11-25-22/h6-13,15,30H,5H2,1-3H3,(H,25,26)(H,27,28,29)/t15-/m1/s1. The predicted octanol–water partition coefficient (Wildman–Crippen LogP) is 4.81. The maximum absolute atomic E-state index is 11.7. The van der Waals surface area contributed by atoms with Crippen molar-refractivity contribution in [3.8, 4) is 11.3 Å². The summed E-state index contributed by atoms with van der Waals surface area (Å²) in [5.74, 6) is 0.398. The number of fused-ring (bicyclic) bond motifs is 1. The van der Waals surface area contributed by atoms with Crippen molar-refractivity contribution in [1.82, 2.24) is 19.9 Å². The summed E-state index contributed by atoms with van der Waals surface area (Å²) in [6.07, 6.45) is 5.10. The average Bonchev–Trinajstić information content (AvgIpc) is 3.22. The summed E-state index contributed by atoms with van der Waals surface area (Å²) in [7, 11) is -3.32. The van der Waals surface area contributed by atoms with Gasteiger partial charge < -0.3 is 10.3 Å². The fraction of sp³-hybridized carbons (Fsp3) is 0.217. The zero-order valence-electron chi connectivity index (χ0n) is 18.4. The minimum atomic E-state index is -3.32. The van der Waals surface area contributed by atoms with E-state index in [2.05, 4.69) is 34.8 Å². The molecule has 3 heterocycles. The van der Waals surface area contributed by atoms with Crippen LogP contribution in [0.25, 0.3) is 27.1 Å². The molecule has 0 amide bonds. The summed E-state index contributed by atoms with van der Waals surface area (Å²) in [5.41, 5.74) is 4.85. The third-order valence-corrected chi connectivity index (χ3v) is 6.53. The number of aryl methyl sites for hydroxylation is 1. The first-order chi connectivity index (χ1) is 15.8. The smallest absolute Gasteiger partial charge is 0.232 e. The summed E-state index contributed by atoms with van der Waals surface area (Å²) in [6.45, 7) is 13.0. The van der Waals surface area contributed by atoms with Crippen molar-refractivity contribution in [2.45, 2.75) is 26.8 Å². The van der Waals surface area contributed by atoms with Crippen molar-refractivity contribution in [2.75, 3.05) is 15.8 Å². The molecule has 4 rings (SSSR count). The maximum Gasteiger partial charge on any atom is 0.232 e. The minimum Gasteiger partial charge on any atom is -0.348 e. The highest BCUT2D eigenvalue weighted by Crippen LogP contribution is 2.34. The molecular weight excluding hydrogens is 438 g/mol. The largest absolute Gasteiger partial charge is 0.348 e. The molecule has 0 unspecified atom stereocenters. The third-order valence-electron chi connectivity index (χ3n) is 5.22. The Morgan fingerprint density at radius 1 is 1.18 bits per heavy atom. The predicted molar refractivity (Wildman–Crippen MR) is 130 cm³/mol. The van der Waals surface area contributed by atoms with Crippen LogP contribution in [-0.4, -0.2) is 34.1 Å². The van der Waals surface area contributed by atoms with Gasteiger partial charge in [0, 0.05) is 35.2 Å². The Morgan fingerprint density at radius 3 is 2.64 bits per heavy atom. The van der Waals surface area contributed by atoms with Gasteiger partial charge in [0.1, 0.15) is 5.65 Å². The van der Waals surface area contributed by atoms with Gasteiger partial charge in [0.05, 0.1) is 24.1 Å². The van der Waals surface area contributed by atoms with Crippen LogP contribution >= 0.6 is 0 Å². The van der Waals surface area contributed by atoms with Crippen LogP contribution in [0.1, 0.15) is 31.0 Å². The van der Waals surface area contributed by atoms with E-state index in [1.54, 1.807) is 31.5 Å². The first kappa shape index (κ1) is 22.2. The molecule has 3 aromatic heterocycles. The lowest BCUT2D eigenvalue weighted by molar-refractivity contribution is 0.602. The number of hydrogen-bond acceptors (Lipinski definition) is 6. The number of benzene rings is 1. The van der Waals surface area contributed by atoms with Gasteiger partial charge in [0.25, 0.3) is 0 Å². The quantitative estimate of drug-likeness (QED) is 0.340. The Hall–Kier alpha value is -3.97. The van der Waals surface area contributed by atoms with Gasteiger partial charge in [-0.05, 0) is 50.1 Å². The molecule has 3 N–H and O–H groups in total. The summed E-state index contributed by atoms with van der Waals surface area (Å²) >= 11 is 0. The van der Waals surface area contributed by atoms with Crippen LogP contribution in [0.4, 0.5) is 17.3 Å². The highest BCUT2D eigenvalue weighted by molar-refractivity contribution is 7.92. The molecule has 168 valence electrons. The molecular formula is C23H23N7O2S. The second-order valence-electron chi connectivity index (χ2n) is 7.64. The van der Waals surface area contributed by atoms with E-state index in [1.807, 2.05) is 32.0 Å². The van der Waals surface area contributed by atoms with Crippen molar-refractivity contribution in [3.05, 3.63) is 71.5 Å². The molecule has 0 fully saturated rings. The Morgan fingerprint density at radius 2 is 1.94 bits per heavy atom. The molecule has 1 atom stereocenters. The van der Waals surface area contributed by atoms with E-state index in [1.165, 1.54) is 6.20 Å². The lowest BCUT2D eigenvalue weighted by atomic mass is 10.1. The molecule has 0 saturated carbocycles. The molecule has 0 spiro atoms. The molecule has 0 bridgehead atoms. The molecule has 0 saturated heterocycles. The summed E-state index contributed by atoms with van der Waals surface area (Å²) in [6, 6.07) is 8.97. The van der Waals surface area contributed by atoms with Crippen LogP contribution in [0.2, 0.25) is 0 Å². The topological polar surface area (TPSA) is 117 Å². The second-order valence-corrected chi connectivity index (χ2v) is 9.65. The number of nitrogens with zero attached hydrogens (tertiary/aromatic N) is 4. The van der Waals surface area contributed by atoms with Gasteiger partial charge >= 0.3 is 0 Å². The normalized spacial score (nSPS) is 12.3. The van der Waals surface area contributed by atoms with Crippen molar-refractivity contribution < 1.29 is 8.42 Å². The minimum absolute atomic E-state index is 0.0129. The molecule has 0 radical (unpaired) electrons. The molecule has 0 aliphatic rings. The van der Waals surface area contributed by atoms with Crippen LogP contribution in [0.15, 0.2) is 48.9 Å². The van der Waals surface area contributed by atoms with Crippen molar-refractivity contribution in [2.24, 2.45) is 0 Å². The van der Waals surface area contributed by atoms with Gasteiger partial charge in [-0.25, -0.2) is 28.2 Å². The third kappa shape index (κ3) is 4.78. The van der Waals surface area contributed by atoms with E-state index in [-0.39, 0.29) is 11.8 Å². The first-order valence-corrected chi connectivity index (χ1v) is 12.0. The zero-order valence-corrected chi connectivity index (χ0v) is 19.2. The molecule has 1 aromatic carbocycles. The number of anilines is 2. The Bertz CT molecular complexity index is 1450. The number of aromatic amines is 1. The van der Waals surface area contributed by atoms with Crippen LogP contribution in [-0.2, 0) is 10.0 Å². The zero-order chi connectivity index (χ0) is 23.6. The van der Waals surface area contributed by atoms with E-state index in [0.717, 1.165) is 27.7 Å². The Kier molecular flexibility index (Phi) is 5.98. The van der Waals surface area contributed by atoms with E-state index in [4.69, 9.17) is 6.57 Å². The molecule has 4 aromatic rings. The number of H-pyrrole nitrogens is 1. The highest BCUT2D eigenvalue weighted by atomic mass is 32.2. The van der Waals surface area contributed by atoms with Crippen LogP contribution in [0.3, 0.4) is 0 Å². The Balaban J connectivity index is 1.60. The number of nitrogens with one attached hydrogen (secondary N) is 3. The fourth-order valence-electron chi connectivity index (χ4n) is 3.40. The van der Waals surface area contributed by atoms with Gasteiger partial charge in [-0.3, -0.25) is 4.72 Å².